The van der Waals surface area contributed by atoms with Crippen LogP contribution in [0.2, 0.25) is 0 Å². The molecule has 0 bridgehead atoms. The lowest BCUT2D eigenvalue weighted by Gasteiger charge is -2.16. The van der Waals surface area contributed by atoms with Gasteiger partial charge in [-0.3, -0.25) is 4.79 Å². The predicted molar refractivity (Wildman–Crippen MR) is 57.9 cm³/mol. The number of carbonyl (C=O) groups excluding carboxylic acids is 1. The summed E-state index contributed by atoms with van der Waals surface area (Å²) in [6.07, 6.45) is -3.80. The molecule has 0 fully saturated rings. The van der Waals surface area contributed by atoms with Crippen LogP contribution in [-0.4, -0.2) is 41.2 Å². The molecule has 1 atom stereocenters. The molecule has 0 heterocycles. The van der Waals surface area contributed by atoms with Crippen molar-refractivity contribution < 1.29 is 27.9 Å². The second kappa shape index (κ2) is 7.41. The number of alkyl halides is 3. The van der Waals surface area contributed by atoms with Crippen molar-refractivity contribution in [3.63, 3.8) is 0 Å². The summed E-state index contributed by atoms with van der Waals surface area (Å²) in [5, 5.41) is 10.4. The van der Waals surface area contributed by atoms with Gasteiger partial charge < -0.3 is 10.4 Å². The topological polar surface area (TPSA) is 66.4 Å². The quantitative estimate of drug-likeness (QED) is 0.692. The minimum Gasteiger partial charge on any atom is -0.480 e. The molecule has 1 amide bonds. The number of carboxylic acid groups (broad SMARTS) is 1. The molecule has 0 aromatic rings. The zero-order valence-electron chi connectivity index (χ0n) is 9.21. The highest BCUT2D eigenvalue weighted by Crippen LogP contribution is 2.21. The van der Waals surface area contributed by atoms with Gasteiger partial charge in [0.2, 0.25) is 5.91 Å². The highest BCUT2D eigenvalue weighted by atomic mass is 32.2. The van der Waals surface area contributed by atoms with E-state index in [1.54, 1.807) is 0 Å². The predicted octanol–water partition coefficient (Wildman–Crippen LogP) is 1.65. The first-order chi connectivity index (χ1) is 7.76. The Morgan fingerprint density at radius 3 is 2.41 bits per heavy atom. The van der Waals surface area contributed by atoms with Gasteiger partial charge in [-0.15, -0.1) is 0 Å². The molecule has 2 N–H and O–H groups in total. The summed E-state index contributed by atoms with van der Waals surface area (Å²) >= 11 is 1.50. The van der Waals surface area contributed by atoms with Gasteiger partial charge in [-0.1, -0.05) is 0 Å². The Hall–Kier alpha value is -0.920. The molecule has 0 saturated carbocycles. The molecule has 17 heavy (non-hydrogen) atoms. The molecule has 0 aliphatic carbocycles. The number of thioether (sulfide) groups is 1. The molecule has 0 spiro atoms. The lowest BCUT2D eigenvalue weighted by atomic mass is 10.2. The number of halogens is 3. The number of rotatable bonds is 7. The van der Waals surface area contributed by atoms with Crippen LogP contribution in [-0.2, 0) is 9.59 Å². The van der Waals surface area contributed by atoms with Crippen LogP contribution in [0.3, 0.4) is 0 Å². The molecule has 0 aliphatic heterocycles. The molecule has 0 radical (unpaired) electrons. The van der Waals surface area contributed by atoms with E-state index < -0.39 is 30.5 Å². The number of amides is 1. The summed E-state index contributed by atoms with van der Waals surface area (Å²) in [6, 6.07) is -1.91. The average molecular weight is 273 g/mol. The van der Waals surface area contributed by atoms with Crippen molar-refractivity contribution >= 4 is 23.6 Å². The fraction of sp³-hybridized carbons (Fsp3) is 0.778. The monoisotopic (exact) mass is 273 g/mol. The Balaban J connectivity index is 4.17. The standard InChI is InChI=1S/C9H14F3NO3S/c1-17-4-2-3-7(14)13-6(8(15)16)5-9(10,11)12/h6H,2-5H2,1H3,(H,13,14)(H,15,16). The summed E-state index contributed by atoms with van der Waals surface area (Å²) in [7, 11) is 0. The van der Waals surface area contributed by atoms with E-state index in [0.717, 1.165) is 0 Å². The lowest BCUT2D eigenvalue weighted by Crippen LogP contribution is -2.43. The minimum absolute atomic E-state index is 0.0302. The first-order valence-electron chi connectivity index (χ1n) is 4.84. The van der Waals surface area contributed by atoms with Gasteiger partial charge in [0.1, 0.15) is 6.04 Å². The van der Waals surface area contributed by atoms with E-state index in [-0.39, 0.29) is 6.42 Å². The van der Waals surface area contributed by atoms with Crippen molar-refractivity contribution in [1.82, 2.24) is 5.32 Å². The van der Waals surface area contributed by atoms with Crippen LogP contribution in [0.4, 0.5) is 13.2 Å². The van der Waals surface area contributed by atoms with Crippen molar-refractivity contribution in [3.05, 3.63) is 0 Å². The molecule has 100 valence electrons. The van der Waals surface area contributed by atoms with Gasteiger partial charge in [-0.05, 0) is 18.4 Å². The molecule has 0 aromatic carbocycles. The van der Waals surface area contributed by atoms with Crippen LogP contribution in [0, 0.1) is 0 Å². The van der Waals surface area contributed by atoms with Crippen molar-refractivity contribution in [2.24, 2.45) is 0 Å². The fourth-order valence-corrected chi connectivity index (χ4v) is 1.51. The highest BCUT2D eigenvalue weighted by molar-refractivity contribution is 7.98. The molecule has 8 heteroatoms. The first kappa shape index (κ1) is 16.1. The molecule has 4 nitrogen and oxygen atoms in total. The Bertz CT molecular complexity index is 271. The first-order valence-corrected chi connectivity index (χ1v) is 6.23. The molecule has 1 unspecified atom stereocenters. The van der Waals surface area contributed by atoms with Crippen molar-refractivity contribution in [2.45, 2.75) is 31.5 Å². The van der Waals surface area contributed by atoms with Crippen LogP contribution in [0.15, 0.2) is 0 Å². The number of aliphatic carboxylic acids is 1. The largest absolute Gasteiger partial charge is 0.480 e. The fourth-order valence-electron chi connectivity index (χ4n) is 1.08. The summed E-state index contributed by atoms with van der Waals surface area (Å²) < 4.78 is 36.0. The summed E-state index contributed by atoms with van der Waals surface area (Å²) in [5.41, 5.74) is 0. The lowest BCUT2D eigenvalue weighted by molar-refractivity contribution is -0.160. The Morgan fingerprint density at radius 1 is 1.41 bits per heavy atom. The van der Waals surface area contributed by atoms with Crippen molar-refractivity contribution in [3.8, 4) is 0 Å². The molecular formula is C9H14F3NO3S. The highest BCUT2D eigenvalue weighted by Gasteiger charge is 2.36. The van der Waals surface area contributed by atoms with Gasteiger partial charge in [-0.25, -0.2) is 4.79 Å². The third-order valence-electron chi connectivity index (χ3n) is 1.82. The third kappa shape index (κ3) is 8.84. The Labute approximate surface area is 101 Å². The number of carbonyl (C=O) groups is 2. The van der Waals surface area contributed by atoms with Crippen molar-refractivity contribution in [2.75, 3.05) is 12.0 Å². The second-order valence-corrected chi connectivity index (χ2v) is 4.36. The van der Waals surface area contributed by atoms with E-state index >= 15 is 0 Å². The third-order valence-corrected chi connectivity index (χ3v) is 2.52. The maximum Gasteiger partial charge on any atom is 0.391 e. The number of nitrogens with one attached hydrogen (secondary N) is 1. The summed E-state index contributed by atoms with van der Waals surface area (Å²) in [6.45, 7) is 0. The molecule has 0 rings (SSSR count). The van der Waals surface area contributed by atoms with E-state index in [9.17, 15) is 22.8 Å². The summed E-state index contributed by atoms with van der Waals surface area (Å²) in [5.74, 6) is -1.65. The Kier molecular flexibility index (Phi) is 7.01. The van der Waals surface area contributed by atoms with E-state index in [1.807, 2.05) is 11.6 Å². The molecular weight excluding hydrogens is 259 g/mol. The Morgan fingerprint density at radius 2 is 2.00 bits per heavy atom. The second-order valence-electron chi connectivity index (χ2n) is 3.37. The molecule has 0 aliphatic rings. The van der Waals surface area contributed by atoms with Gasteiger partial charge in [0.05, 0.1) is 6.42 Å². The van der Waals surface area contributed by atoms with Crippen LogP contribution in [0.1, 0.15) is 19.3 Å². The van der Waals surface area contributed by atoms with Gasteiger partial charge in [-0.2, -0.15) is 24.9 Å². The minimum atomic E-state index is -4.62. The van der Waals surface area contributed by atoms with Gasteiger partial charge in [0.15, 0.2) is 0 Å². The number of hydrogen-bond acceptors (Lipinski definition) is 3. The van der Waals surface area contributed by atoms with Crippen LogP contribution in [0.25, 0.3) is 0 Å². The molecule has 0 aromatic heterocycles. The maximum absolute atomic E-state index is 12.0. The number of hydrogen-bond donors (Lipinski definition) is 2. The summed E-state index contributed by atoms with van der Waals surface area (Å²) in [4.78, 5) is 21.7. The zero-order valence-corrected chi connectivity index (χ0v) is 10.0. The normalized spacial score (nSPS) is 13.2. The van der Waals surface area contributed by atoms with Crippen LogP contribution in [0.5, 0.6) is 0 Å². The van der Waals surface area contributed by atoms with Crippen LogP contribution >= 0.6 is 11.8 Å². The van der Waals surface area contributed by atoms with Gasteiger partial charge >= 0.3 is 12.1 Å². The maximum atomic E-state index is 12.0. The number of carboxylic acids is 1. The average Bonchev–Trinajstić information content (AvgIpc) is 2.15. The van der Waals surface area contributed by atoms with E-state index in [0.29, 0.717) is 12.2 Å². The smallest absolute Gasteiger partial charge is 0.391 e. The van der Waals surface area contributed by atoms with E-state index in [1.165, 1.54) is 11.8 Å². The zero-order chi connectivity index (χ0) is 13.5. The van der Waals surface area contributed by atoms with Gasteiger partial charge in [0.25, 0.3) is 0 Å². The SMILES string of the molecule is CSCCCC(=O)NC(CC(F)(F)F)C(=O)O. The molecule has 0 saturated heterocycles. The van der Waals surface area contributed by atoms with Crippen LogP contribution < -0.4 is 5.32 Å². The van der Waals surface area contributed by atoms with E-state index in [4.69, 9.17) is 5.11 Å². The van der Waals surface area contributed by atoms with Crippen molar-refractivity contribution in [1.29, 1.82) is 0 Å². The van der Waals surface area contributed by atoms with E-state index in [2.05, 4.69) is 0 Å². The van der Waals surface area contributed by atoms with Gasteiger partial charge in [0, 0.05) is 6.42 Å².